The molecule has 4 rings (SSSR count). The van der Waals surface area contributed by atoms with Crippen LogP contribution in [0.2, 0.25) is 5.04 Å². The maximum atomic E-state index is 13.3. The van der Waals surface area contributed by atoms with Gasteiger partial charge in [-0.3, -0.25) is 0 Å². The van der Waals surface area contributed by atoms with Crippen LogP contribution in [-0.4, -0.2) is 44.7 Å². The zero-order valence-electron chi connectivity index (χ0n) is 22.3. The van der Waals surface area contributed by atoms with Gasteiger partial charge in [-0.15, -0.1) is 6.58 Å². The second-order valence-electron chi connectivity index (χ2n) is 10.6. The Hall–Kier alpha value is -3.68. The Morgan fingerprint density at radius 2 is 1.47 bits per heavy atom. The lowest BCUT2D eigenvalue weighted by atomic mass is 9.90. The predicted octanol–water partition coefficient (Wildman–Crippen LogP) is 4.84. The van der Waals surface area contributed by atoms with Gasteiger partial charge in [-0.2, -0.15) is 0 Å². The van der Waals surface area contributed by atoms with Crippen molar-refractivity contribution in [3.05, 3.63) is 109 Å². The lowest BCUT2D eigenvalue weighted by Crippen LogP contribution is -2.70. The highest BCUT2D eigenvalue weighted by molar-refractivity contribution is 6.99. The smallest absolute Gasteiger partial charge is 0.408 e. The fourth-order valence-corrected chi connectivity index (χ4v) is 9.93. The number of hydrogen-bond donors (Lipinski definition) is 1. The number of carbonyl (C=O) groups excluding carboxylic acids is 2. The second-order valence-corrected chi connectivity index (χ2v) is 14.9. The first-order chi connectivity index (χ1) is 18.1. The topological polar surface area (TPSA) is 73.9 Å². The fraction of sp³-hybridized carbons (Fsp3) is 0.290. The third kappa shape index (κ3) is 5.17. The van der Waals surface area contributed by atoms with Crippen LogP contribution >= 0.6 is 0 Å². The molecule has 0 aliphatic carbocycles. The van der Waals surface area contributed by atoms with Crippen molar-refractivity contribution in [3.63, 3.8) is 0 Å². The molecule has 1 saturated heterocycles. The number of hydrogen-bond acceptors (Lipinski definition) is 5. The van der Waals surface area contributed by atoms with Gasteiger partial charge in [0.1, 0.15) is 12.1 Å². The number of amides is 1. The van der Waals surface area contributed by atoms with E-state index < -0.39 is 38.1 Å². The number of esters is 1. The zero-order chi connectivity index (χ0) is 27.4. The molecule has 3 aromatic carbocycles. The summed E-state index contributed by atoms with van der Waals surface area (Å²) >= 11 is 0. The Morgan fingerprint density at radius 1 is 0.974 bits per heavy atom. The van der Waals surface area contributed by atoms with Crippen LogP contribution in [0, 0.1) is 0 Å². The molecule has 0 radical (unpaired) electrons. The second kappa shape index (κ2) is 11.0. The van der Waals surface area contributed by atoms with Crippen molar-refractivity contribution in [2.45, 2.75) is 50.5 Å². The van der Waals surface area contributed by atoms with E-state index in [1.807, 2.05) is 49.4 Å². The monoisotopic (exact) mass is 529 g/mol. The summed E-state index contributed by atoms with van der Waals surface area (Å²) in [6, 6.07) is 29.2. The number of benzene rings is 3. The highest BCUT2D eigenvalue weighted by Crippen LogP contribution is 2.39. The van der Waals surface area contributed by atoms with Crippen LogP contribution in [0.15, 0.2) is 104 Å². The average Bonchev–Trinajstić information content (AvgIpc) is 3.32. The van der Waals surface area contributed by atoms with Gasteiger partial charge in [-0.1, -0.05) is 106 Å². The van der Waals surface area contributed by atoms with E-state index in [4.69, 9.17) is 13.9 Å². The molecule has 0 unspecified atom stereocenters. The average molecular weight is 530 g/mol. The van der Waals surface area contributed by atoms with Gasteiger partial charge in [-0.05, 0) is 34.5 Å². The minimum absolute atomic E-state index is 0.0312. The van der Waals surface area contributed by atoms with Crippen molar-refractivity contribution in [1.82, 2.24) is 5.32 Å². The van der Waals surface area contributed by atoms with Crippen molar-refractivity contribution in [2.75, 3.05) is 6.61 Å². The number of alkyl carbamates (subject to hydrolysis) is 1. The molecule has 6 nitrogen and oxygen atoms in total. The molecule has 1 aliphatic heterocycles. The van der Waals surface area contributed by atoms with Gasteiger partial charge < -0.3 is 19.2 Å². The fourth-order valence-electron chi connectivity index (χ4n) is 5.24. The van der Waals surface area contributed by atoms with Crippen molar-refractivity contribution in [2.24, 2.45) is 0 Å². The molecule has 38 heavy (non-hydrogen) atoms. The van der Waals surface area contributed by atoms with Gasteiger partial charge >= 0.3 is 12.1 Å². The molecule has 1 heterocycles. The molecule has 0 bridgehead atoms. The number of cyclic esters (lactones) is 1. The molecule has 0 aromatic heterocycles. The van der Waals surface area contributed by atoms with E-state index in [0.29, 0.717) is 5.56 Å². The Bertz CT molecular complexity index is 1220. The highest BCUT2D eigenvalue weighted by Gasteiger charge is 2.55. The van der Waals surface area contributed by atoms with Crippen LogP contribution in [0.25, 0.3) is 0 Å². The van der Waals surface area contributed by atoms with E-state index in [-0.39, 0.29) is 11.6 Å². The third-order valence-electron chi connectivity index (χ3n) is 7.10. The Kier molecular flexibility index (Phi) is 7.90. The molecule has 1 fully saturated rings. The van der Waals surface area contributed by atoms with Crippen LogP contribution in [0.5, 0.6) is 0 Å². The SMILES string of the molecule is C=C[C@@]1([C@H](OC(=O)c2ccccc2)[C@@H](C)O[Si](c2ccccc2)(c2ccccc2)C(C)(C)C)COC(=O)N1. The van der Waals surface area contributed by atoms with E-state index >= 15 is 0 Å². The van der Waals surface area contributed by atoms with Crippen molar-refractivity contribution >= 4 is 30.8 Å². The molecule has 3 atom stereocenters. The molecular formula is C31H35NO5Si. The van der Waals surface area contributed by atoms with E-state index in [1.54, 1.807) is 30.3 Å². The van der Waals surface area contributed by atoms with Crippen molar-refractivity contribution in [3.8, 4) is 0 Å². The molecule has 7 heteroatoms. The zero-order valence-corrected chi connectivity index (χ0v) is 23.3. The van der Waals surface area contributed by atoms with Gasteiger partial charge in [-0.25, -0.2) is 9.59 Å². The Labute approximate surface area is 225 Å². The van der Waals surface area contributed by atoms with Gasteiger partial charge in [0.25, 0.3) is 8.32 Å². The van der Waals surface area contributed by atoms with E-state index in [0.717, 1.165) is 10.4 Å². The van der Waals surface area contributed by atoms with Gasteiger partial charge in [0.15, 0.2) is 6.10 Å². The summed E-state index contributed by atoms with van der Waals surface area (Å²) in [6.45, 7) is 12.4. The summed E-state index contributed by atoms with van der Waals surface area (Å²) in [5.74, 6) is -0.518. The quantitative estimate of drug-likeness (QED) is 0.244. The molecule has 198 valence electrons. The van der Waals surface area contributed by atoms with Gasteiger partial charge in [0.05, 0.1) is 11.7 Å². The van der Waals surface area contributed by atoms with Crippen molar-refractivity contribution < 1.29 is 23.5 Å². The number of ether oxygens (including phenoxy) is 2. The van der Waals surface area contributed by atoms with E-state index in [2.05, 4.69) is 56.9 Å². The van der Waals surface area contributed by atoms with Gasteiger partial charge in [0, 0.05) is 0 Å². The lowest BCUT2D eigenvalue weighted by Gasteiger charge is -2.47. The number of carbonyl (C=O) groups is 2. The summed E-state index contributed by atoms with van der Waals surface area (Å²) in [5, 5.41) is 4.73. The minimum Gasteiger partial charge on any atom is -0.453 e. The van der Waals surface area contributed by atoms with Gasteiger partial charge in [0.2, 0.25) is 0 Å². The molecule has 0 saturated carbocycles. The van der Waals surface area contributed by atoms with Crippen LogP contribution in [0.3, 0.4) is 0 Å². The standard InChI is InChI=1S/C31H35NO5Si/c1-6-31(22-35-29(34)32-31)27(36-28(33)24-16-10-7-11-17-24)23(2)37-38(30(3,4)5,25-18-12-8-13-19-25)26-20-14-9-15-21-26/h6-21,23,27H,1,22H2,2-5H3,(H,32,34)/t23-,27-,31+/m1/s1. The molecule has 1 amide bonds. The molecule has 0 spiro atoms. The molecule has 3 aromatic rings. The Balaban J connectivity index is 1.83. The summed E-state index contributed by atoms with van der Waals surface area (Å²) in [5.41, 5.74) is -0.758. The van der Waals surface area contributed by atoms with Crippen LogP contribution < -0.4 is 15.7 Å². The largest absolute Gasteiger partial charge is 0.453 e. The van der Waals surface area contributed by atoms with E-state index in [1.165, 1.54) is 0 Å². The summed E-state index contributed by atoms with van der Waals surface area (Å²) in [4.78, 5) is 25.5. The maximum absolute atomic E-state index is 13.3. The van der Waals surface area contributed by atoms with Crippen LogP contribution in [0.1, 0.15) is 38.1 Å². The first kappa shape index (κ1) is 27.4. The van der Waals surface area contributed by atoms with E-state index in [9.17, 15) is 9.59 Å². The highest BCUT2D eigenvalue weighted by atomic mass is 28.4. The maximum Gasteiger partial charge on any atom is 0.408 e. The normalized spacial score (nSPS) is 19.1. The molecule has 1 N–H and O–H groups in total. The summed E-state index contributed by atoms with van der Waals surface area (Å²) in [6.07, 6.45) is -0.579. The minimum atomic E-state index is -3.00. The van der Waals surface area contributed by atoms with Crippen molar-refractivity contribution in [1.29, 1.82) is 0 Å². The number of rotatable bonds is 9. The predicted molar refractivity (Wildman–Crippen MR) is 151 cm³/mol. The Morgan fingerprint density at radius 3 is 1.89 bits per heavy atom. The molecule has 1 aliphatic rings. The van der Waals surface area contributed by atoms with Crippen LogP contribution in [-0.2, 0) is 13.9 Å². The lowest BCUT2D eigenvalue weighted by molar-refractivity contribution is -0.0359. The third-order valence-corrected chi connectivity index (χ3v) is 12.2. The summed E-state index contributed by atoms with van der Waals surface area (Å²) in [7, 11) is -3.00. The first-order valence-corrected chi connectivity index (χ1v) is 14.7. The molecular weight excluding hydrogens is 494 g/mol. The first-order valence-electron chi connectivity index (χ1n) is 12.8. The van der Waals surface area contributed by atoms with Crippen LogP contribution in [0.4, 0.5) is 4.79 Å². The number of nitrogens with one attached hydrogen (secondary N) is 1. The summed E-state index contributed by atoms with van der Waals surface area (Å²) < 4.78 is 18.7.